The van der Waals surface area contributed by atoms with Crippen LogP contribution in [0.3, 0.4) is 0 Å². The highest BCUT2D eigenvalue weighted by Crippen LogP contribution is 2.41. The number of ketones is 1. The van der Waals surface area contributed by atoms with Crippen molar-refractivity contribution in [2.45, 2.75) is 39.7 Å². The fraction of sp³-hybridized carbons (Fsp3) is 0.333. The van der Waals surface area contributed by atoms with Crippen molar-refractivity contribution in [3.05, 3.63) is 64.2 Å². The van der Waals surface area contributed by atoms with Gasteiger partial charge in [-0.15, -0.1) is 0 Å². The highest BCUT2D eigenvalue weighted by molar-refractivity contribution is 6.46. The van der Waals surface area contributed by atoms with Crippen molar-refractivity contribution >= 4 is 17.4 Å². The lowest BCUT2D eigenvalue weighted by Gasteiger charge is -2.25. The van der Waals surface area contributed by atoms with Gasteiger partial charge in [0.15, 0.2) is 11.5 Å². The van der Waals surface area contributed by atoms with E-state index < -0.39 is 17.7 Å². The second-order valence-electron chi connectivity index (χ2n) is 7.58. The Morgan fingerprint density at radius 3 is 2.43 bits per heavy atom. The topological polar surface area (TPSA) is 87.1 Å². The molecule has 2 aromatic rings. The van der Waals surface area contributed by atoms with E-state index in [1.807, 2.05) is 26.8 Å². The second kappa shape index (κ2) is 8.61. The van der Waals surface area contributed by atoms with Gasteiger partial charge in [-0.2, -0.15) is 0 Å². The molecule has 1 fully saturated rings. The Bertz CT molecular complexity index is 1020. The zero-order chi connectivity index (χ0) is 22.0. The molecule has 1 aliphatic heterocycles. The number of unbranched alkanes of at least 4 members (excludes halogenated alkanes) is 1. The number of benzene rings is 2. The van der Waals surface area contributed by atoms with E-state index >= 15 is 0 Å². The molecule has 0 radical (unpaired) electrons. The number of amides is 1. The van der Waals surface area contributed by atoms with E-state index in [1.165, 1.54) is 18.1 Å². The van der Waals surface area contributed by atoms with Gasteiger partial charge in [0.2, 0.25) is 0 Å². The lowest BCUT2D eigenvalue weighted by molar-refractivity contribution is -0.139. The fourth-order valence-corrected chi connectivity index (χ4v) is 3.71. The first-order valence-electron chi connectivity index (χ1n) is 10.0. The van der Waals surface area contributed by atoms with Crippen LogP contribution < -0.4 is 4.74 Å². The maximum Gasteiger partial charge on any atom is 0.295 e. The largest absolute Gasteiger partial charge is 0.507 e. The molecule has 2 N–H and O–H groups in total. The molecule has 6 heteroatoms. The number of hydrogen-bond acceptors (Lipinski definition) is 5. The van der Waals surface area contributed by atoms with E-state index in [0.717, 1.165) is 24.0 Å². The molecule has 1 saturated heterocycles. The summed E-state index contributed by atoms with van der Waals surface area (Å²) in [5, 5.41) is 21.3. The molecule has 0 spiro atoms. The van der Waals surface area contributed by atoms with Crippen LogP contribution in [-0.4, -0.2) is 40.5 Å². The number of carbonyl (C=O) groups is 2. The molecule has 1 unspecified atom stereocenters. The summed E-state index contributed by atoms with van der Waals surface area (Å²) in [6.45, 7) is 6.26. The maximum atomic E-state index is 12.9. The van der Waals surface area contributed by atoms with Crippen LogP contribution in [0, 0.1) is 13.8 Å². The molecule has 6 nitrogen and oxygen atoms in total. The predicted octanol–water partition coefficient (Wildman–Crippen LogP) is 4.24. The van der Waals surface area contributed by atoms with Crippen LogP contribution in [0.5, 0.6) is 11.5 Å². The summed E-state index contributed by atoms with van der Waals surface area (Å²) < 4.78 is 5.11. The number of rotatable bonds is 6. The number of aromatic hydroxyl groups is 1. The van der Waals surface area contributed by atoms with Gasteiger partial charge >= 0.3 is 0 Å². The number of aryl methyl sites for hydroxylation is 2. The molecule has 3 rings (SSSR count). The summed E-state index contributed by atoms with van der Waals surface area (Å²) in [5.74, 6) is -1.38. The Kier molecular flexibility index (Phi) is 6.15. The van der Waals surface area contributed by atoms with E-state index in [0.29, 0.717) is 23.4 Å². The first-order valence-corrected chi connectivity index (χ1v) is 10.0. The normalized spacial score (nSPS) is 18.1. The number of methoxy groups -OCH3 is 1. The summed E-state index contributed by atoms with van der Waals surface area (Å²) in [7, 11) is 1.45. The van der Waals surface area contributed by atoms with Crippen molar-refractivity contribution in [3.8, 4) is 11.5 Å². The van der Waals surface area contributed by atoms with Crippen molar-refractivity contribution in [1.82, 2.24) is 4.90 Å². The number of nitrogens with zero attached hydrogens (tertiary/aromatic N) is 1. The SMILES string of the molecule is CCCCN1C(=O)C(=O)/C(=C(\O)c2ccc(C)c(C)c2)C1c1ccc(OC)c(O)c1. The highest BCUT2D eigenvalue weighted by Gasteiger charge is 2.45. The minimum absolute atomic E-state index is 0.0314. The van der Waals surface area contributed by atoms with E-state index in [9.17, 15) is 19.8 Å². The number of carbonyl (C=O) groups excluding carboxylic acids is 2. The minimum Gasteiger partial charge on any atom is -0.507 e. The number of ether oxygens (including phenoxy) is 1. The van der Waals surface area contributed by atoms with E-state index in [2.05, 4.69) is 0 Å². The highest BCUT2D eigenvalue weighted by atomic mass is 16.5. The second-order valence-corrected chi connectivity index (χ2v) is 7.58. The summed E-state index contributed by atoms with van der Waals surface area (Å²) in [6, 6.07) is 9.37. The Hall–Kier alpha value is -3.28. The Balaban J connectivity index is 2.19. The molecule has 1 amide bonds. The van der Waals surface area contributed by atoms with Gasteiger partial charge in [-0.25, -0.2) is 0 Å². The van der Waals surface area contributed by atoms with E-state index in [-0.39, 0.29) is 17.1 Å². The van der Waals surface area contributed by atoms with E-state index in [1.54, 1.807) is 24.3 Å². The lowest BCUT2D eigenvalue weighted by atomic mass is 9.94. The first kappa shape index (κ1) is 21.4. The molecule has 1 heterocycles. The van der Waals surface area contributed by atoms with Crippen LogP contribution in [0.2, 0.25) is 0 Å². The van der Waals surface area contributed by atoms with Gasteiger partial charge in [0, 0.05) is 12.1 Å². The van der Waals surface area contributed by atoms with Gasteiger partial charge < -0.3 is 19.8 Å². The van der Waals surface area contributed by atoms with Crippen LogP contribution in [0.4, 0.5) is 0 Å². The smallest absolute Gasteiger partial charge is 0.295 e. The molecule has 2 aromatic carbocycles. The third-order valence-corrected chi connectivity index (χ3v) is 5.59. The van der Waals surface area contributed by atoms with Crippen molar-refractivity contribution < 1.29 is 24.5 Å². The summed E-state index contributed by atoms with van der Waals surface area (Å²) in [5.41, 5.74) is 3.08. The third-order valence-electron chi connectivity index (χ3n) is 5.59. The molecule has 1 atom stereocenters. The number of phenolic OH excluding ortho intramolecular Hbond substituents is 1. The van der Waals surface area contributed by atoms with Crippen molar-refractivity contribution in [2.75, 3.05) is 13.7 Å². The standard InChI is InChI=1S/C24H27NO5/c1-5-6-11-25-21(16-9-10-19(30-4)18(26)13-16)20(23(28)24(25)29)22(27)17-8-7-14(2)15(3)12-17/h7-10,12-13,21,26-27H,5-6,11H2,1-4H3/b22-20-. The predicted molar refractivity (Wildman–Crippen MR) is 114 cm³/mol. The van der Waals surface area contributed by atoms with Crippen LogP contribution in [0.15, 0.2) is 42.0 Å². The zero-order valence-corrected chi connectivity index (χ0v) is 17.7. The quantitative estimate of drug-likeness (QED) is 0.423. The number of phenols is 1. The number of likely N-dealkylation sites (tertiary alicyclic amines) is 1. The molecule has 0 saturated carbocycles. The average Bonchev–Trinajstić information content (AvgIpc) is 2.98. The molecule has 0 bridgehead atoms. The molecular formula is C24H27NO5. The number of hydrogen-bond donors (Lipinski definition) is 2. The van der Waals surface area contributed by atoms with Gasteiger partial charge in [0.25, 0.3) is 11.7 Å². The van der Waals surface area contributed by atoms with Crippen LogP contribution in [0.1, 0.15) is 48.1 Å². The average molecular weight is 409 g/mol. The number of aliphatic hydroxyl groups is 1. The summed E-state index contributed by atoms with van der Waals surface area (Å²) in [4.78, 5) is 27.2. The molecule has 1 aliphatic rings. The lowest BCUT2D eigenvalue weighted by Crippen LogP contribution is -2.30. The Morgan fingerprint density at radius 2 is 1.83 bits per heavy atom. The van der Waals surface area contributed by atoms with Gasteiger partial charge in [0.05, 0.1) is 18.7 Å². The Morgan fingerprint density at radius 1 is 1.10 bits per heavy atom. The van der Waals surface area contributed by atoms with Gasteiger partial charge in [-0.3, -0.25) is 9.59 Å². The van der Waals surface area contributed by atoms with Crippen LogP contribution in [-0.2, 0) is 9.59 Å². The zero-order valence-electron chi connectivity index (χ0n) is 17.7. The Labute approximate surface area is 176 Å². The first-order chi connectivity index (χ1) is 14.3. The minimum atomic E-state index is -0.782. The molecule has 0 aromatic heterocycles. The van der Waals surface area contributed by atoms with Crippen molar-refractivity contribution in [1.29, 1.82) is 0 Å². The van der Waals surface area contributed by atoms with Crippen molar-refractivity contribution in [3.63, 3.8) is 0 Å². The van der Waals surface area contributed by atoms with Gasteiger partial charge in [-0.05, 0) is 55.2 Å². The fourth-order valence-electron chi connectivity index (χ4n) is 3.71. The van der Waals surface area contributed by atoms with Crippen LogP contribution >= 0.6 is 0 Å². The van der Waals surface area contributed by atoms with Gasteiger partial charge in [-0.1, -0.05) is 31.5 Å². The summed E-state index contributed by atoms with van der Waals surface area (Å²) in [6.07, 6.45) is 1.57. The van der Waals surface area contributed by atoms with E-state index in [4.69, 9.17) is 4.74 Å². The molecule has 30 heavy (non-hydrogen) atoms. The molecule has 0 aliphatic carbocycles. The molecular weight excluding hydrogens is 382 g/mol. The van der Waals surface area contributed by atoms with Crippen LogP contribution in [0.25, 0.3) is 5.76 Å². The molecule has 158 valence electrons. The number of Topliss-reactive ketones (excluding diaryl/α,β-unsaturated/α-hetero) is 1. The van der Waals surface area contributed by atoms with Crippen molar-refractivity contribution in [2.24, 2.45) is 0 Å². The van der Waals surface area contributed by atoms with Gasteiger partial charge in [0.1, 0.15) is 5.76 Å². The summed E-state index contributed by atoms with van der Waals surface area (Å²) >= 11 is 0. The maximum absolute atomic E-state index is 12.9. The third kappa shape index (κ3) is 3.77. The number of aliphatic hydroxyl groups excluding tert-OH is 1. The monoisotopic (exact) mass is 409 g/mol.